The van der Waals surface area contributed by atoms with Crippen molar-refractivity contribution < 1.29 is 9.18 Å². The number of nitrogens with one attached hydrogen (secondary N) is 2. The topological polar surface area (TPSA) is 41.1 Å². The summed E-state index contributed by atoms with van der Waals surface area (Å²) in [6.45, 7) is 8.21. The first-order valence-electron chi connectivity index (χ1n) is 6.05. The van der Waals surface area contributed by atoms with Crippen molar-refractivity contribution in [3.8, 4) is 0 Å². The highest BCUT2D eigenvalue weighted by molar-refractivity contribution is 5.78. The van der Waals surface area contributed by atoms with E-state index in [4.69, 9.17) is 0 Å². The second kappa shape index (κ2) is 5.96. The number of halogens is 1. The second-order valence-electron chi connectivity index (χ2n) is 5.50. The summed E-state index contributed by atoms with van der Waals surface area (Å²) in [5, 5.41) is 5.78. The Morgan fingerprint density at radius 3 is 2.61 bits per heavy atom. The van der Waals surface area contributed by atoms with E-state index in [0.29, 0.717) is 12.1 Å². The fraction of sp³-hybridized carbons (Fsp3) is 0.500. The van der Waals surface area contributed by atoms with Crippen LogP contribution in [-0.2, 0) is 11.3 Å². The van der Waals surface area contributed by atoms with Crippen molar-refractivity contribution in [3.63, 3.8) is 0 Å². The maximum absolute atomic E-state index is 13.4. The molecule has 2 N–H and O–H groups in total. The number of amides is 1. The summed E-state index contributed by atoms with van der Waals surface area (Å²) in [5.74, 6) is -0.333. The van der Waals surface area contributed by atoms with Gasteiger partial charge in [0.2, 0.25) is 5.91 Å². The summed E-state index contributed by atoms with van der Waals surface area (Å²) in [7, 11) is 0. The van der Waals surface area contributed by atoms with E-state index in [1.807, 2.05) is 27.7 Å². The molecule has 0 saturated carbocycles. The quantitative estimate of drug-likeness (QED) is 0.862. The molecule has 100 valence electrons. The van der Waals surface area contributed by atoms with Gasteiger partial charge in [0, 0.05) is 17.6 Å². The van der Waals surface area contributed by atoms with Gasteiger partial charge < -0.3 is 10.6 Å². The summed E-state index contributed by atoms with van der Waals surface area (Å²) in [6.07, 6.45) is 0. The Bertz CT molecular complexity index is 424. The number of rotatable bonds is 4. The third-order valence-corrected chi connectivity index (χ3v) is 2.32. The predicted molar refractivity (Wildman–Crippen MR) is 70.7 cm³/mol. The molecule has 0 radical (unpaired) electrons. The lowest BCUT2D eigenvalue weighted by Gasteiger charge is -2.20. The SMILES string of the molecule is Cc1ccc(F)c(CNCC(=O)NC(C)(C)C)c1. The molecule has 0 fully saturated rings. The van der Waals surface area contributed by atoms with E-state index in [0.717, 1.165) is 5.56 Å². The summed E-state index contributed by atoms with van der Waals surface area (Å²) in [5.41, 5.74) is 1.35. The maximum atomic E-state index is 13.4. The number of hydrogen-bond donors (Lipinski definition) is 2. The largest absolute Gasteiger partial charge is 0.350 e. The van der Waals surface area contributed by atoms with Crippen LogP contribution < -0.4 is 10.6 Å². The van der Waals surface area contributed by atoms with Gasteiger partial charge in [-0.1, -0.05) is 17.7 Å². The lowest BCUT2D eigenvalue weighted by molar-refractivity contribution is -0.121. The predicted octanol–water partition coefficient (Wildman–Crippen LogP) is 2.14. The van der Waals surface area contributed by atoms with Gasteiger partial charge in [-0.15, -0.1) is 0 Å². The Balaban J connectivity index is 2.42. The Labute approximate surface area is 108 Å². The summed E-state index contributed by atoms with van der Waals surface area (Å²) < 4.78 is 13.4. The van der Waals surface area contributed by atoms with Crippen LogP contribution >= 0.6 is 0 Å². The summed E-state index contributed by atoms with van der Waals surface area (Å²) >= 11 is 0. The smallest absolute Gasteiger partial charge is 0.234 e. The standard InChI is InChI=1S/C14H21FN2O/c1-10-5-6-12(15)11(7-10)8-16-9-13(18)17-14(2,3)4/h5-7,16H,8-9H2,1-4H3,(H,17,18). The lowest BCUT2D eigenvalue weighted by atomic mass is 10.1. The monoisotopic (exact) mass is 252 g/mol. The minimum absolute atomic E-state index is 0.0874. The lowest BCUT2D eigenvalue weighted by Crippen LogP contribution is -2.44. The van der Waals surface area contributed by atoms with Gasteiger partial charge in [-0.3, -0.25) is 4.79 Å². The van der Waals surface area contributed by atoms with Crippen molar-refractivity contribution in [1.82, 2.24) is 10.6 Å². The molecule has 0 saturated heterocycles. The van der Waals surface area contributed by atoms with Crippen LogP contribution in [0.25, 0.3) is 0 Å². The normalized spacial score (nSPS) is 11.4. The van der Waals surface area contributed by atoms with Gasteiger partial charge in [-0.25, -0.2) is 4.39 Å². The molecule has 0 aliphatic rings. The average Bonchev–Trinajstić information content (AvgIpc) is 2.20. The Kier molecular flexibility index (Phi) is 4.84. The third kappa shape index (κ3) is 5.27. The van der Waals surface area contributed by atoms with Crippen molar-refractivity contribution in [2.75, 3.05) is 6.54 Å². The minimum Gasteiger partial charge on any atom is -0.350 e. The molecule has 1 aromatic rings. The van der Waals surface area contributed by atoms with Crippen LogP contribution in [0.1, 0.15) is 31.9 Å². The maximum Gasteiger partial charge on any atom is 0.234 e. The molecule has 0 atom stereocenters. The molecule has 4 heteroatoms. The first kappa shape index (κ1) is 14.6. The molecule has 0 heterocycles. The van der Waals surface area contributed by atoms with Crippen molar-refractivity contribution in [3.05, 3.63) is 35.1 Å². The molecule has 18 heavy (non-hydrogen) atoms. The highest BCUT2D eigenvalue weighted by Gasteiger charge is 2.13. The highest BCUT2D eigenvalue weighted by atomic mass is 19.1. The molecule has 0 aromatic heterocycles. The van der Waals surface area contributed by atoms with E-state index in [9.17, 15) is 9.18 Å². The highest BCUT2D eigenvalue weighted by Crippen LogP contribution is 2.09. The average molecular weight is 252 g/mol. The van der Waals surface area contributed by atoms with Crippen molar-refractivity contribution in [2.45, 2.75) is 39.8 Å². The van der Waals surface area contributed by atoms with E-state index >= 15 is 0 Å². The molecule has 1 rings (SSSR count). The van der Waals surface area contributed by atoms with Crippen molar-refractivity contribution in [1.29, 1.82) is 0 Å². The van der Waals surface area contributed by atoms with E-state index in [1.165, 1.54) is 6.07 Å². The van der Waals surface area contributed by atoms with E-state index in [2.05, 4.69) is 10.6 Å². The third-order valence-electron chi connectivity index (χ3n) is 2.32. The van der Waals surface area contributed by atoms with Crippen LogP contribution in [0.5, 0.6) is 0 Å². The van der Waals surface area contributed by atoms with Gasteiger partial charge in [0.1, 0.15) is 5.82 Å². The van der Waals surface area contributed by atoms with Crippen LogP contribution in [-0.4, -0.2) is 18.0 Å². The zero-order valence-electron chi connectivity index (χ0n) is 11.4. The number of hydrogen-bond acceptors (Lipinski definition) is 2. The van der Waals surface area contributed by atoms with Crippen LogP contribution in [0, 0.1) is 12.7 Å². The molecule has 0 aliphatic heterocycles. The number of benzene rings is 1. The minimum atomic E-state index is -0.246. The van der Waals surface area contributed by atoms with Gasteiger partial charge in [-0.2, -0.15) is 0 Å². The Morgan fingerprint density at radius 1 is 1.33 bits per heavy atom. The molecule has 0 spiro atoms. The van der Waals surface area contributed by atoms with Gasteiger partial charge >= 0.3 is 0 Å². The molecule has 0 bridgehead atoms. The number of carbonyl (C=O) groups is 1. The van der Waals surface area contributed by atoms with Gasteiger partial charge in [0.15, 0.2) is 0 Å². The first-order chi connectivity index (χ1) is 8.28. The molecule has 1 aromatic carbocycles. The fourth-order valence-corrected chi connectivity index (χ4v) is 1.61. The second-order valence-corrected chi connectivity index (χ2v) is 5.50. The fourth-order valence-electron chi connectivity index (χ4n) is 1.61. The summed E-state index contributed by atoms with van der Waals surface area (Å²) in [6, 6.07) is 4.96. The molecule has 1 amide bonds. The number of aryl methyl sites for hydroxylation is 1. The summed E-state index contributed by atoms with van der Waals surface area (Å²) in [4.78, 5) is 11.5. The zero-order valence-corrected chi connectivity index (χ0v) is 11.4. The molecule has 0 unspecified atom stereocenters. The van der Waals surface area contributed by atoms with Crippen LogP contribution in [0.4, 0.5) is 4.39 Å². The Morgan fingerprint density at radius 2 is 2.00 bits per heavy atom. The van der Waals surface area contributed by atoms with E-state index in [1.54, 1.807) is 12.1 Å². The van der Waals surface area contributed by atoms with Crippen LogP contribution in [0.2, 0.25) is 0 Å². The van der Waals surface area contributed by atoms with E-state index in [-0.39, 0.29) is 23.8 Å². The molecule has 3 nitrogen and oxygen atoms in total. The van der Waals surface area contributed by atoms with Crippen LogP contribution in [0.15, 0.2) is 18.2 Å². The van der Waals surface area contributed by atoms with E-state index < -0.39 is 0 Å². The van der Waals surface area contributed by atoms with Crippen molar-refractivity contribution >= 4 is 5.91 Å². The first-order valence-corrected chi connectivity index (χ1v) is 6.05. The molecular formula is C14H21FN2O. The molecular weight excluding hydrogens is 231 g/mol. The number of carbonyl (C=O) groups excluding carboxylic acids is 1. The van der Waals surface area contributed by atoms with Crippen LogP contribution in [0.3, 0.4) is 0 Å². The van der Waals surface area contributed by atoms with Gasteiger partial charge in [0.05, 0.1) is 6.54 Å². The van der Waals surface area contributed by atoms with Gasteiger partial charge in [-0.05, 0) is 33.8 Å². The Hall–Kier alpha value is -1.42. The molecule has 0 aliphatic carbocycles. The zero-order chi connectivity index (χ0) is 13.8. The van der Waals surface area contributed by atoms with Crippen molar-refractivity contribution in [2.24, 2.45) is 0 Å². The van der Waals surface area contributed by atoms with Gasteiger partial charge in [0.25, 0.3) is 0 Å².